The van der Waals surface area contributed by atoms with Gasteiger partial charge in [-0.05, 0) is 49.0 Å². The van der Waals surface area contributed by atoms with E-state index in [4.69, 9.17) is 23.8 Å². The standard InChI is InChI=1S/C18H13ClN2O2S2/c1-11-6-8-12(9-7-11)16(22)20-21-17(23)15(25-18(21)24)10-13-4-2-3-5-14(13)19/h2-10H,1H3,(H,20,22)/b15-10+. The highest BCUT2D eigenvalue weighted by atomic mass is 35.5. The van der Waals surface area contributed by atoms with Gasteiger partial charge in [-0.1, -0.05) is 59.3 Å². The Bertz CT molecular complexity index is 894. The maximum absolute atomic E-state index is 12.5. The summed E-state index contributed by atoms with van der Waals surface area (Å²) in [5, 5.41) is 1.63. The summed E-state index contributed by atoms with van der Waals surface area (Å²) in [6.45, 7) is 1.93. The molecular weight excluding hydrogens is 376 g/mol. The molecule has 0 unspecified atom stereocenters. The monoisotopic (exact) mass is 388 g/mol. The summed E-state index contributed by atoms with van der Waals surface area (Å²) >= 11 is 12.5. The molecule has 2 aromatic rings. The normalized spacial score (nSPS) is 15.8. The van der Waals surface area contributed by atoms with Crippen LogP contribution in [0.4, 0.5) is 0 Å². The number of nitrogens with zero attached hydrogens (tertiary/aromatic N) is 1. The van der Waals surface area contributed by atoms with Crippen molar-refractivity contribution >= 4 is 57.8 Å². The van der Waals surface area contributed by atoms with Crippen LogP contribution in [0.1, 0.15) is 21.5 Å². The van der Waals surface area contributed by atoms with E-state index in [1.54, 1.807) is 30.3 Å². The lowest BCUT2D eigenvalue weighted by molar-refractivity contribution is -0.123. The molecule has 1 fully saturated rings. The molecule has 3 rings (SSSR count). The Balaban J connectivity index is 1.79. The Morgan fingerprint density at radius 1 is 1.20 bits per heavy atom. The van der Waals surface area contributed by atoms with E-state index in [1.165, 1.54) is 0 Å². The lowest BCUT2D eigenvalue weighted by Gasteiger charge is -2.15. The first-order valence-corrected chi connectivity index (χ1v) is 8.96. The predicted molar refractivity (Wildman–Crippen MR) is 105 cm³/mol. The molecule has 0 bridgehead atoms. The smallest absolute Gasteiger partial charge is 0.267 e. The first kappa shape index (κ1) is 17.7. The van der Waals surface area contributed by atoms with E-state index in [-0.39, 0.29) is 10.2 Å². The minimum absolute atomic E-state index is 0.267. The van der Waals surface area contributed by atoms with Crippen molar-refractivity contribution < 1.29 is 9.59 Å². The van der Waals surface area contributed by atoms with Crippen molar-refractivity contribution in [1.82, 2.24) is 10.4 Å². The molecule has 1 heterocycles. The summed E-state index contributed by atoms with van der Waals surface area (Å²) < 4.78 is 0.267. The number of carbonyl (C=O) groups is 2. The molecule has 1 aliphatic rings. The first-order chi connectivity index (χ1) is 12.0. The van der Waals surface area contributed by atoms with Gasteiger partial charge in [0.15, 0.2) is 4.32 Å². The largest absolute Gasteiger partial charge is 0.285 e. The fourth-order valence-corrected chi connectivity index (χ4v) is 3.53. The molecule has 1 N–H and O–H groups in total. The third kappa shape index (κ3) is 3.92. The number of hydrogen-bond donors (Lipinski definition) is 1. The lowest BCUT2D eigenvalue weighted by atomic mass is 10.1. The fraction of sp³-hybridized carbons (Fsp3) is 0.0556. The van der Waals surface area contributed by atoms with Crippen molar-refractivity contribution in [2.45, 2.75) is 6.92 Å². The number of thioether (sulfide) groups is 1. The fourth-order valence-electron chi connectivity index (χ4n) is 2.17. The minimum atomic E-state index is -0.393. The second kappa shape index (κ2) is 7.39. The number of halogens is 1. The van der Waals surface area contributed by atoms with Crippen LogP contribution in [0.25, 0.3) is 6.08 Å². The minimum Gasteiger partial charge on any atom is -0.267 e. The number of hydrazine groups is 1. The molecule has 0 aromatic heterocycles. The van der Waals surface area contributed by atoms with Crippen LogP contribution in [0.3, 0.4) is 0 Å². The number of amides is 2. The average Bonchev–Trinajstić information content (AvgIpc) is 2.85. The Morgan fingerprint density at radius 3 is 2.56 bits per heavy atom. The zero-order valence-corrected chi connectivity index (χ0v) is 15.5. The quantitative estimate of drug-likeness (QED) is 0.632. The predicted octanol–water partition coefficient (Wildman–Crippen LogP) is 4.19. The second-order valence-electron chi connectivity index (χ2n) is 5.35. The van der Waals surface area contributed by atoms with E-state index in [9.17, 15) is 9.59 Å². The van der Waals surface area contributed by atoms with Crippen molar-refractivity contribution in [2.24, 2.45) is 0 Å². The Labute approximate surface area is 159 Å². The molecule has 126 valence electrons. The number of thiocarbonyl (C=S) groups is 1. The maximum Gasteiger partial charge on any atom is 0.285 e. The summed E-state index contributed by atoms with van der Waals surface area (Å²) in [4.78, 5) is 25.3. The van der Waals surface area contributed by atoms with Gasteiger partial charge in [-0.2, -0.15) is 5.01 Å². The molecule has 1 aliphatic heterocycles. The molecule has 0 spiro atoms. The molecule has 0 radical (unpaired) electrons. The number of carbonyl (C=O) groups excluding carboxylic acids is 2. The molecule has 25 heavy (non-hydrogen) atoms. The molecule has 0 aliphatic carbocycles. The number of aryl methyl sites for hydroxylation is 1. The van der Waals surface area contributed by atoms with Crippen LogP contribution in [0.15, 0.2) is 53.4 Å². The molecule has 2 amide bonds. The Kier molecular flexibility index (Phi) is 5.22. The van der Waals surface area contributed by atoms with E-state index in [2.05, 4.69) is 5.43 Å². The third-order valence-electron chi connectivity index (χ3n) is 3.51. The zero-order chi connectivity index (χ0) is 18.0. The van der Waals surface area contributed by atoms with E-state index >= 15 is 0 Å². The number of rotatable bonds is 3. The van der Waals surface area contributed by atoms with Gasteiger partial charge < -0.3 is 0 Å². The van der Waals surface area contributed by atoms with Crippen molar-refractivity contribution in [3.05, 3.63) is 75.1 Å². The van der Waals surface area contributed by atoms with Crippen LogP contribution in [0.2, 0.25) is 5.02 Å². The highest BCUT2D eigenvalue weighted by molar-refractivity contribution is 8.26. The van der Waals surface area contributed by atoms with E-state index in [0.717, 1.165) is 27.9 Å². The van der Waals surface area contributed by atoms with Gasteiger partial charge >= 0.3 is 0 Å². The summed E-state index contributed by atoms with van der Waals surface area (Å²) in [6.07, 6.45) is 1.67. The number of benzene rings is 2. The van der Waals surface area contributed by atoms with Gasteiger partial charge in [0, 0.05) is 10.6 Å². The molecule has 0 saturated carbocycles. The molecule has 0 atom stereocenters. The van der Waals surface area contributed by atoms with Gasteiger partial charge in [0.05, 0.1) is 4.91 Å². The molecule has 2 aromatic carbocycles. The van der Waals surface area contributed by atoms with Gasteiger partial charge in [-0.15, -0.1) is 0 Å². The van der Waals surface area contributed by atoms with Crippen LogP contribution in [-0.4, -0.2) is 21.1 Å². The van der Waals surface area contributed by atoms with Crippen molar-refractivity contribution in [1.29, 1.82) is 0 Å². The van der Waals surface area contributed by atoms with Crippen LogP contribution in [0.5, 0.6) is 0 Å². The van der Waals surface area contributed by atoms with Crippen molar-refractivity contribution in [3.63, 3.8) is 0 Å². The molecule has 1 saturated heterocycles. The van der Waals surface area contributed by atoms with Crippen LogP contribution < -0.4 is 5.43 Å². The third-order valence-corrected chi connectivity index (χ3v) is 5.16. The number of nitrogens with one attached hydrogen (secondary N) is 1. The summed E-state index contributed by atoms with van der Waals surface area (Å²) in [5.74, 6) is -0.773. The van der Waals surface area contributed by atoms with Gasteiger partial charge in [0.2, 0.25) is 0 Å². The zero-order valence-electron chi connectivity index (χ0n) is 13.2. The highest BCUT2D eigenvalue weighted by Crippen LogP contribution is 2.32. The maximum atomic E-state index is 12.5. The van der Waals surface area contributed by atoms with Crippen molar-refractivity contribution in [2.75, 3.05) is 0 Å². The second-order valence-corrected chi connectivity index (χ2v) is 7.43. The van der Waals surface area contributed by atoms with Crippen LogP contribution >= 0.6 is 35.6 Å². The number of hydrogen-bond acceptors (Lipinski definition) is 4. The van der Waals surface area contributed by atoms with Gasteiger partial charge in [-0.25, -0.2) is 0 Å². The topological polar surface area (TPSA) is 49.4 Å². The first-order valence-electron chi connectivity index (χ1n) is 7.36. The summed E-state index contributed by atoms with van der Waals surface area (Å²) in [5.41, 5.74) is 4.77. The summed E-state index contributed by atoms with van der Waals surface area (Å²) in [7, 11) is 0. The van der Waals surface area contributed by atoms with Gasteiger partial charge in [0.25, 0.3) is 11.8 Å². The van der Waals surface area contributed by atoms with E-state index < -0.39 is 5.91 Å². The van der Waals surface area contributed by atoms with E-state index in [1.807, 2.05) is 31.2 Å². The molecule has 4 nitrogen and oxygen atoms in total. The van der Waals surface area contributed by atoms with Gasteiger partial charge in [-0.3, -0.25) is 15.0 Å². The van der Waals surface area contributed by atoms with Crippen LogP contribution in [0, 0.1) is 6.92 Å². The van der Waals surface area contributed by atoms with Gasteiger partial charge in [0.1, 0.15) is 0 Å². The average molecular weight is 389 g/mol. The Morgan fingerprint density at radius 2 is 1.88 bits per heavy atom. The lowest BCUT2D eigenvalue weighted by Crippen LogP contribution is -2.44. The molecular formula is C18H13ClN2O2S2. The SMILES string of the molecule is Cc1ccc(C(=O)NN2C(=O)/C(=C\c3ccccc3Cl)SC2=S)cc1. The van der Waals surface area contributed by atoms with Crippen molar-refractivity contribution in [3.8, 4) is 0 Å². The highest BCUT2D eigenvalue weighted by Gasteiger charge is 2.33. The Hall–Kier alpha value is -2.15. The summed E-state index contributed by atoms with van der Waals surface area (Å²) in [6, 6.07) is 14.2. The van der Waals surface area contributed by atoms with E-state index in [0.29, 0.717) is 15.5 Å². The van der Waals surface area contributed by atoms with Crippen LogP contribution in [-0.2, 0) is 4.79 Å². The molecule has 7 heteroatoms.